The van der Waals surface area contributed by atoms with Crippen molar-refractivity contribution in [3.8, 4) is 5.75 Å². The van der Waals surface area contributed by atoms with E-state index in [4.69, 9.17) is 14.0 Å². The summed E-state index contributed by atoms with van der Waals surface area (Å²) in [7, 11) is 1.55. The minimum atomic E-state index is -0.644. The Bertz CT molecular complexity index is 994. The first-order chi connectivity index (χ1) is 13.7. The average molecular weight is 382 g/mol. The first kappa shape index (κ1) is 16.8. The molecule has 9 heteroatoms. The van der Waals surface area contributed by atoms with Crippen LogP contribution in [0.3, 0.4) is 0 Å². The van der Waals surface area contributed by atoms with Crippen molar-refractivity contribution in [2.45, 2.75) is 31.3 Å². The van der Waals surface area contributed by atoms with Crippen LogP contribution in [0, 0.1) is 0 Å². The number of carbonyl (C=O) groups excluding carboxylic acids is 2. The molecule has 1 atom stereocenters. The van der Waals surface area contributed by atoms with Crippen LogP contribution in [-0.4, -0.2) is 40.8 Å². The number of urea groups is 1. The Morgan fingerprint density at radius 2 is 2.11 bits per heavy atom. The molecule has 144 valence electrons. The van der Waals surface area contributed by atoms with Crippen LogP contribution in [-0.2, 0) is 16.1 Å². The molecule has 1 saturated carbocycles. The number of para-hydroxylation sites is 1. The van der Waals surface area contributed by atoms with E-state index >= 15 is 0 Å². The lowest BCUT2D eigenvalue weighted by Gasteiger charge is -2.32. The molecule has 0 radical (unpaired) electrons. The van der Waals surface area contributed by atoms with Gasteiger partial charge in [-0.2, -0.15) is 4.98 Å². The molecule has 2 aliphatic heterocycles. The van der Waals surface area contributed by atoms with Gasteiger partial charge in [-0.1, -0.05) is 23.4 Å². The maximum absolute atomic E-state index is 12.9. The smallest absolute Gasteiger partial charge is 0.338 e. The van der Waals surface area contributed by atoms with Gasteiger partial charge in [0.1, 0.15) is 18.9 Å². The van der Waals surface area contributed by atoms with Gasteiger partial charge in [0.05, 0.1) is 24.4 Å². The second kappa shape index (κ2) is 6.36. The molecule has 28 heavy (non-hydrogen) atoms. The van der Waals surface area contributed by atoms with E-state index in [1.54, 1.807) is 13.2 Å². The molecule has 0 spiro atoms. The van der Waals surface area contributed by atoms with E-state index in [1.807, 2.05) is 18.2 Å². The van der Waals surface area contributed by atoms with Crippen molar-refractivity contribution in [1.29, 1.82) is 0 Å². The van der Waals surface area contributed by atoms with Gasteiger partial charge in [0.2, 0.25) is 5.89 Å². The van der Waals surface area contributed by atoms with Crippen molar-refractivity contribution in [3.05, 3.63) is 52.8 Å². The number of ether oxygens (including phenoxy) is 2. The topological polar surface area (TPSA) is 107 Å². The summed E-state index contributed by atoms with van der Waals surface area (Å²) < 4.78 is 15.9. The molecule has 1 N–H and O–H groups in total. The Hall–Kier alpha value is -3.36. The number of aromatic nitrogens is 2. The van der Waals surface area contributed by atoms with Crippen molar-refractivity contribution in [2.75, 3.05) is 13.7 Å². The quantitative estimate of drug-likeness (QED) is 0.789. The number of hydrogen-bond acceptors (Lipinski definition) is 7. The maximum atomic E-state index is 12.9. The summed E-state index contributed by atoms with van der Waals surface area (Å²) in [4.78, 5) is 31.1. The van der Waals surface area contributed by atoms with Gasteiger partial charge in [0, 0.05) is 11.5 Å². The lowest BCUT2D eigenvalue weighted by molar-refractivity contribution is -0.136. The molecule has 5 rings (SSSR count). The number of esters is 1. The first-order valence-corrected chi connectivity index (χ1v) is 9.09. The molecule has 0 saturated heterocycles. The molecule has 1 aromatic heterocycles. The number of rotatable bonds is 5. The molecule has 2 amide bonds. The summed E-state index contributed by atoms with van der Waals surface area (Å²) in [5, 5.41) is 6.86. The van der Waals surface area contributed by atoms with E-state index in [0.717, 1.165) is 12.8 Å². The highest BCUT2D eigenvalue weighted by Gasteiger charge is 2.43. The molecule has 0 bridgehead atoms. The Kier molecular flexibility index (Phi) is 3.81. The second-order valence-corrected chi connectivity index (χ2v) is 6.97. The van der Waals surface area contributed by atoms with Crippen LogP contribution < -0.4 is 10.1 Å². The van der Waals surface area contributed by atoms with Gasteiger partial charge in [0.25, 0.3) is 0 Å². The van der Waals surface area contributed by atoms with Crippen molar-refractivity contribution >= 4 is 12.0 Å². The maximum Gasteiger partial charge on any atom is 0.338 e. The lowest BCUT2D eigenvalue weighted by atomic mass is 9.95. The fraction of sp³-hybridized carbons (Fsp3) is 0.368. The summed E-state index contributed by atoms with van der Waals surface area (Å²) in [5.41, 5.74) is 1.60. The molecular weight excluding hydrogens is 364 g/mol. The summed E-state index contributed by atoms with van der Waals surface area (Å²) in [6, 6.07) is 6.25. The summed E-state index contributed by atoms with van der Waals surface area (Å²) in [6.07, 6.45) is 2.11. The van der Waals surface area contributed by atoms with Gasteiger partial charge in [-0.05, 0) is 18.9 Å². The predicted molar refractivity (Wildman–Crippen MR) is 94.1 cm³/mol. The predicted octanol–water partition coefficient (Wildman–Crippen LogP) is 2.03. The Labute approximate surface area is 160 Å². The number of nitrogens with one attached hydrogen (secondary N) is 1. The van der Waals surface area contributed by atoms with Crippen molar-refractivity contribution in [1.82, 2.24) is 20.4 Å². The Morgan fingerprint density at radius 3 is 2.89 bits per heavy atom. The molecule has 1 aliphatic carbocycles. The zero-order chi connectivity index (χ0) is 19.3. The van der Waals surface area contributed by atoms with Gasteiger partial charge in [-0.3, -0.25) is 4.90 Å². The zero-order valence-electron chi connectivity index (χ0n) is 15.2. The zero-order valence-corrected chi connectivity index (χ0v) is 15.2. The largest absolute Gasteiger partial charge is 0.496 e. The van der Waals surface area contributed by atoms with E-state index in [9.17, 15) is 9.59 Å². The SMILES string of the molecule is COc1ccccc1C1NC(=O)N(Cc2nc(C3CC3)no2)C2=C1C(=O)OC2. The molecule has 9 nitrogen and oxygen atoms in total. The number of amides is 2. The van der Waals surface area contributed by atoms with E-state index in [2.05, 4.69) is 15.5 Å². The fourth-order valence-corrected chi connectivity index (χ4v) is 3.59. The highest BCUT2D eigenvalue weighted by atomic mass is 16.5. The lowest BCUT2D eigenvalue weighted by Crippen LogP contribution is -2.47. The summed E-state index contributed by atoms with van der Waals surface area (Å²) in [5.74, 6) is 1.49. The standard InChI is InChI=1S/C19H18N4O5/c1-26-13-5-3-2-4-11(13)16-15-12(9-27-18(15)24)23(19(25)21-16)8-14-20-17(22-28-14)10-6-7-10/h2-5,10,16H,6-9H2,1H3,(H,21,25). The van der Waals surface area contributed by atoms with Crippen LogP contribution in [0.25, 0.3) is 0 Å². The van der Waals surface area contributed by atoms with Gasteiger partial charge in [-0.25, -0.2) is 9.59 Å². The minimum absolute atomic E-state index is 0.0247. The average Bonchev–Trinajstić information content (AvgIpc) is 3.34. The van der Waals surface area contributed by atoms with Gasteiger partial charge < -0.3 is 19.3 Å². The minimum Gasteiger partial charge on any atom is -0.496 e. The highest BCUT2D eigenvalue weighted by Crippen LogP contribution is 2.40. The molecule has 3 heterocycles. The van der Waals surface area contributed by atoms with Crippen LogP contribution in [0.2, 0.25) is 0 Å². The molecule has 1 aromatic carbocycles. The summed E-state index contributed by atoms with van der Waals surface area (Å²) >= 11 is 0. The van der Waals surface area contributed by atoms with Gasteiger partial charge in [0.15, 0.2) is 5.82 Å². The molecule has 1 unspecified atom stereocenters. The van der Waals surface area contributed by atoms with Crippen molar-refractivity contribution in [3.63, 3.8) is 0 Å². The van der Waals surface area contributed by atoms with E-state index in [1.165, 1.54) is 4.90 Å². The molecular formula is C19H18N4O5. The van der Waals surface area contributed by atoms with Crippen molar-refractivity contribution < 1.29 is 23.6 Å². The molecule has 1 fully saturated rings. The van der Waals surface area contributed by atoms with Crippen LogP contribution in [0.1, 0.15) is 42.1 Å². The fourth-order valence-electron chi connectivity index (χ4n) is 3.59. The molecule has 3 aliphatic rings. The second-order valence-electron chi connectivity index (χ2n) is 6.97. The summed E-state index contributed by atoms with van der Waals surface area (Å²) in [6.45, 7) is 0.108. The number of methoxy groups -OCH3 is 1. The number of hydrogen-bond donors (Lipinski definition) is 1. The van der Waals surface area contributed by atoms with E-state index < -0.39 is 12.0 Å². The first-order valence-electron chi connectivity index (χ1n) is 9.09. The Balaban J connectivity index is 1.50. The highest BCUT2D eigenvalue weighted by molar-refractivity contribution is 5.97. The molecule has 2 aromatic rings. The third kappa shape index (κ3) is 2.70. The van der Waals surface area contributed by atoms with E-state index in [0.29, 0.717) is 40.2 Å². The van der Waals surface area contributed by atoms with Crippen LogP contribution in [0.5, 0.6) is 5.75 Å². The normalized spacial score (nSPS) is 21.5. The third-order valence-electron chi connectivity index (χ3n) is 5.17. The van der Waals surface area contributed by atoms with Crippen LogP contribution >= 0.6 is 0 Å². The number of nitrogens with zero attached hydrogens (tertiary/aromatic N) is 3. The van der Waals surface area contributed by atoms with Crippen molar-refractivity contribution in [2.24, 2.45) is 0 Å². The van der Waals surface area contributed by atoms with Gasteiger partial charge >= 0.3 is 12.0 Å². The number of benzene rings is 1. The van der Waals surface area contributed by atoms with Crippen LogP contribution in [0.4, 0.5) is 4.79 Å². The third-order valence-corrected chi connectivity index (χ3v) is 5.17. The Morgan fingerprint density at radius 1 is 1.29 bits per heavy atom. The number of cyclic esters (lactones) is 1. The van der Waals surface area contributed by atoms with Crippen LogP contribution in [0.15, 0.2) is 40.1 Å². The monoisotopic (exact) mass is 382 g/mol. The van der Waals surface area contributed by atoms with Gasteiger partial charge in [-0.15, -0.1) is 0 Å². The number of carbonyl (C=O) groups is 2. The van der Waals surface area contributed by atoms with E-state index in [-0.39, 0.29) is 19.2 Å².